The van der Waals surface area contributed by atoms with Crippen molar-refractivity contribution in [1.29, 1.82) is 0 Å². The minimum atomic E-state index is -0.629. The Morgan fingerprint density at radius 2 is 1.52 bits per heavy atom. The van der Waals surface area contributed by atoms with E-state index in [1.54, 1.807) is 41.2 Å². The summed E-state index contributed by atoms with van der Waals surface area (Å²) in [5.41, 5.74) is 3.91. The van der Waals surface area contributed by atoms with E-state index >= 15 is 0 Å². The second-order valence-corrected chi connectivity index (χ2v) is 8.00. The molecular weight excluding hydrogens is 427 g/mol. The van der Waals surface area contributed by atoms with E-state index in [2.05, 4.69) is 10.00 Å². The van der Waals surface area contributed by atoms with E-state index < -0.39 is 11.6 Å². The minimum absolute atomic E-state index is 0.325. The van der Waals surface area contributed by atoms with Crippen molar-refractivity contribution in [1.82, 2.24) is 14.7 Å². The third-order valence-corrected chi connectivity index (χ3v) is 5.78. The molecule has 0 spiro atoms. The molecular formula is C26H22F3N3O. The van der Waals surface area contributed by atoms with E-state index in [0.717, 1.165) is 30.4 Å². The number of hydrogen-bond donors (Lipinski definition) is 0. The van der Waals surface area contributed by atoms with E-state index in [1.165, 1.54) is 18.2 Å². The second-order valence-electron chi connectivity index (χ2n) is 8.00. The summed E-state index contributed by atoms with van der Waals surface area (Å²) in [7, 11) is 0. The first-order chi connectivity index (χ1) is 16.1. The summed E-state index contributed by atoms with van der Waals surface area (Å²) >= 11 is 0. The highest BCUT2D eigenvalue weighted by Gasteiger charge is 2.20. The molecule has 4 aromatic rings. The van der Waals surface area contributed by atoms with Gasteiger partial charge in [0, 0.05) is 36.8 Å². The van der Waals surface area contributed by atoms with Gasteiger partial charge >= 0.3 is 0 Å². The van der Waals surface area contributed by atoms with Gasteiger partial charge in [0.1, 0.15) is 17.5 Å². The number of benzene rings is 3. The predicted molar refractivity (Wildman–Crippen MR) is 120 cm³/mol. The number of rotatable bonds is 5. The molecule has 3 aromatic carbocycles. The normalized spacial score (nSPS) is 14.5. The highest BCUT2D eigenvalue weighted by atomic mass is 19.1. The Hall–Kier alpha value is -3.42. The lowest BCUT2D eigenvalue weighted by Crippen LogP contribution is -2.35. The van der Waals surface area contributed by atoms with E-state index in [4.69, 9.17) is 4.74 Å². The molecule has 0 amide bonds. The SMILES string of the molecule is Fc1cc(F)cc(-c2ccc(-n3ncc(CN4CCOCC4)c3-c3ccccc3F)cc2)c1. The van der Waals surface area contributed by atoms with Crippen LogP contribution in [0.3, 0.4) is 0 Å². The maximum absolute atomic E-state index is 14.8. The highest BCUT2D eigenvalue weighted by molar-refractivity contribution is 5.68. The number of nitrogens with zero attached hydrogens (tertiary/aromatic N) is 3. The van der Waals surface area contributed by atoms with Gasteiger partial charge in [-0.25, -0.2) is 17.9 Å². The van der Waals surface area contributed by atoms with E-state index in [9.17, 15) is 13.2 Å². The monoisotopic (exact) mass is 449 g/mol. The van der Waals surface area contributed by atoms with Crippen LogP contribution in [0.2, 0.25) is 0 Å². The largest absolute Gasteiger partial charge is 0.379 e. The van der Waals surface area contributed by atoms with Gasteiger partial charge in [-0.2, -0.15) is 5.10 Å². The van der Waals surface area contributed by atoms with Gasteiger partial charge in [-0.3, -0.25) is 4.90 Å². The number of hydrogen-bond acceptors (Lipinski definition) is 3. The first kappa shape index (κ1) is 21.4. The first-order valence-corrected chi connectivity index (χ1v) is 10.8. The lowest BCUT2D eigenvalue weighted by Gasteiger charge is -2.26. The molecule has 0 atom stereocenters. The lowest BCUT2D eigenvalue weighted by molar-refractivity contribution is 0.0342. The summed E-state index contributed by atoms with van der Waals surface area (Å²) in [6.07, 6.45) is 1.77. The number of aromatic nitrogens is 2. The fraction of sp³-hybridized carbons (Fsp3) is 0.192. The molecule has 4 nitrogen and oxygen atoms in total. The van der Waals surface area contributed by atoms with Crippen LogP contribution in [-0.2, 0) is 11.3 Å². The molecule has 1 aromatic heterocycles. The van der Waals surface area contributed by atoms with Crippen molar-refractivity contribution >= 4 is 0 Å². The van der Waals surface area contributed by atoms with Crippen LogP contribution in [0, 0.1) is 17.5 Å². The molecule has 1 aliphatic rings. The van der Waals surface area contributed by atoms with Gasteiger partial charge < -0.3 is 4.74 Å². The smallest absolute Gasteiger partial charge is 0.132 e. The Kier molecular flexibility index (Phi) is 5.98. The molecule has 0 N–H and O–H groups in total. The van der Waals surface area contributed by atoms with Crippen molar-refractivity contribution in [3.05, 3.63) is 95.9 Å². The number of halogens is 3. The quantitative estimate of drug-likeness (QED) is 0.406. The molecule has 0 radical (unpaired) electrons. The molecule has 168 valence electrons. The van der Waals surface area contributed by atoms with Crippen molar-refractivity contribution in [3.63, 3.8) is 0 Å². The summed E-state index contributed by atoms with van der Waals surface area (Å²) in [6, 6.07) is 17.2. The van der Waals surface area contributed by atoms with Gasteiger partial charge in [0.2, 0.25) is 0 Å². The first-order valence-electron chi connectivity index (χ1n) is 10.8. The Bertz CT molecular complexity index is 1240. The zero-order valence-electron chi connectivity index (χ0n) is 17.8. The number of morpholine rings is 1. The van der Waals surface area contributed by atoms with Gasteiger partial charge in [0.15, 0.2) is 0 Å². The van der Waals surface area contributed by atoms with Crippen molar-refractivity contribution in [3.8, 4) is 28.1 Å². The molecule has 1 saturated heterocycles. The van der Waals surface area contributed by atoms with Gasteiger partial charge in [-0.1, -0.05) is 24.3 Å². The van der Waals surface area contributed by atoms with Gasteiger partial charge in [0.05, 0.1) is 30.8 Å². The van der Waals surface area contributed by atoms with Crippen LogP contribution < -0.4 is 0 Å². The minimum Gasteiger partial charge on any atom is -0.379 e. The van der Waals surface area contributed by atoms with Crippen molar-refractivity contribution < 1.29 is 17.9 Å². The van der Waals surface area contributed by atoms with Gasteiger partial charge in [0.25, 0.3) is 0 Å². The molecule has 33 heavy (non-hydrogen) atoms. The molecule has 2 heterocycles. The average Bonchev–Trinajstić information content (AvgIpc) is 3.23. The topological polar surface area (TPSA) is 30.3 Å². The van der Waals surface area contributed by atoms with Gasteiger partial charge in [-0.05, 0) is 47.5 Å². The van der Waals surface area contributed by atoms with Crippen LogP contribution in [-0.4, -0.2) is 41.0 Å². The van der Waals surface area contributed by atoms with E-state index in [0.29, 0.717) is 42.1 Å². The van der Waals surface area contributed by atoms with E-state index in [1.807, 2.05) is 12.1 Å². The summed E-state index contributed by atoms with van der Waals surface area (Å²) in [6.45, 7) is 3.59. The maximum atomic E-state index is 14.8. The van der Waals surface area contributed by atoms with E-state index in [-0.39, 0.29) is 5.82 Å². The Morgan fingerprint density at radius 1 is 0.818 bits per heavy atom. The fourth-order valence-electron chi connectivity index (χ4n) is 4.15. The van der Waals surface area contributed by atoms with Crippen LogP contribution in [0.4, 0.5) is 13.2 Å². The van der Waals surface area contributed by atoms with Crippen molar-refractivity contribution in [2.45, 2.75) is 6.54 Å². The van der Waals surface area contributed by atoms with Crippen LogP contribution in [0.5, 0.6) is 0 Å². The third kappa shape index (κ3) is 4.55. The maximum Gasteiger partial charge on any atom is 0.132 e. The predicted octanol–water partition coefficient (Wildman–Crippen LogP) is 5.46. The second kappa shape index (κ2) is 9.21. The third-order valence-electron chi connectivity index (χ3n) is 5.78. The Labute approximate surface area is 189 Å². The van der Waals surface area contributed by atoms with Crippen LogP contribution >= 0.6 is 0 Å². The molecule has 0 aliphatic carbocycles. The van der Waals surface area contributed by atoms with Crippen LogP contribution in [0.25, 0.3) is 28.1 Å². The average molecular weight is 449 g/mol. The molecule has 7 heteroatoms. The fourth-order valence-corrected chi connectivity index (χ4v) is 4.15. The molecule has 0 unspecified atom stereocenters. The molecule has 0 bridgehead atoms. The molecule has 5 rings (SSSR count). The van der Waals surface area contributed by atoms with Crippen molar-refractivity contribution in [2.24, 2.45) is 0 Å². The molecule has 1 fully saturated rings. The highest BCUT2D eigenvalue weighted by Crippen LogP contribution is 2.31. The summed E-state index contributed by atoms with van der Waals surface area (Å²) < 4.78 is 49.2. The summed E-state index contributed by atoms with van der Waals surface area (Å²) in [5, 5.41) is 4.57. The van der Waals surface area contributed by atoms with Crippen LogP contribution in [0.15, 0.2) is 72.9 Å². The Balaban J connectivity index is 1.54. The number of ether oxygens (including phenoxy) is 1. The zero-order valence-corrected chi connectivity index (χ0v) is 17.8. The van der Waals surface area contributed by atoms with Crippen molar-refractivity contribution in [2.75, 3.05) is 26.3 Å². The Morgan fingerprint density at radius 3 is 2.21 bits per heavy atom. The van der Waals surface area contributed by atoms with Gasteiger partial charge in [-0.15, -0.1) is 0 Å². The molecule has 1 aliphatic heterocycles. The molecule has 0 saturated carbocycles. The van der Waals surface area contributed by atoms with Crippen LogP contribution in [0.1, 0.15) is 5.56 Å². The standard InChI is InChI=1S/C26H22F3N3O/c27-21-13-19(14-22(28)15-21)18-5-7-23(8-6-18)32-26(24-3-1-2-4-25(24)29)20(16-30-32)17-31-9-11-33-12-10-31/h1-8,13-16H,9-12,17H2. The lowest BCUT2D eigenvalue weighted by atomic mass is 10.0. The zero-order chi connectivity index (χ0) is 22.8. The summed E-state index contributed by atoms with van der Waals surface area (Å²) in [5.74, 6) is -1.58. The summed E-state index contributed by atoms with van der Waals surface area (Å²) in [4.78, 5) is 2.26.